The van der Waals surface area contributed by atoms with E-state index in [4.69, 9.17) is 4.74 Å². The molecule has 0 unspecified atom stereocenters. The van der Waals surface area contributed by atoms with E-state index in [0.717, 1.165) is 35.4 Å². The van der Waals surface area contributed by atoms with Crippen LogP contribution in [0.1, 0.15) is 29.8 Å². The average Bonchev–Trinajstić information content (AvgIpc) is 3.39. The van der Waals surface area contributed by atoms with Gasteiger partial charge in [0, 0.05) is 36.6 Å². The molecule has 0 aliphatic carbocycles. The first-order valence-corrected chi connectivity index (χ1v) is 10.9. The zero-order chi connectivity index (χ0) is 18.9. The first-order valence-electron chi connectivity index (χ1n) is 10.1. The maximum absolute atomic E-state index is 12.9. The molecule has 0 spiro atoms. The van der Waals surface area contributed by atoms with Gasteiger partial charge in [-0.1, -0.05) is 0 Å². The van der Waals surface area contributed by atoms with E-state index in [-0.39, 0.29) is 18.1 Å². The lowest BCUT2D eigenvalue weighted by molar-refractivity contribution is -0.00421. The summed E-state index contributed by atoms with van der Waals surface area (Å²) in [4.78, 5) is 17.4. The molecule has 1 amide bonds. The van der Waals surface area contributed by atoms with Crippen LogP contribution in [-0.4, -0.2) is 70.9 Å². The van der Waals surface area contributed by atoms with Crippen LogP contribution in [0.15, 0.2) is 18.2 Å². The number of amides is 1. The van der Waals surface area contributed by atoms with Crippen molar-refractivity contribution in [1.82, 2.24) is 14.6 Å². The number of fused-ring (bicyclic) bond motifs is 6. The summed E-state index contributed by atoms with van der Waals surface area (Å²) in [6, 6.07) is 6.23. The molecule has 1 aromatic heterocycles. The van der Waals surface area contributed by atoms with Gasteiger partial charge in [-0.25, -0.2) is 0 Å². The smallest absolute Gasteiger partial charge is 0.271 e. The molecule has 0 radical (unpaired) electrons. The van der Waals surface area contributed by atoms with Gasteiger partial charge in [0.2, 0.25) is 0 Å². The third-order valence-corrected chi connectivity index (χ3v) is 7.76. The average molecular weight is 401 g/mol. The van der Waals surface area contributed by atoms with Crippen LogP contribution < -0.4 is 10.2 Å². The molecule has 28 heavy (non-hydrogen) atoms. The van der Waals surface area contributed by atoms with E-state index in [9.17, 15) is 9.90 Å². The third kappa shape index (κ3) is 2.58. The maximum atomic E-state index is 12.9. The van der Waals surface area contributed by atoms with E-state index in [1.165, 1.54) is 24.4 Å². The Bertz CT molecular complexity index is 941. The highest BCUT2D eigenvalue weighted by Crippen LogP contribution is 2.40. The van der Waals surface area contributed by atoms with Crippen LogP contribution in [0.3, 0.4) is 0 Å². The van der Waals surface area contributed by atoms with E-state index in [1.54, 1.807) is 0 Å². The summed E-state index contributed by atoms with van der Waals surface area (Å²) in [5, 5.41) is 14.9. The Morgan fingerprint density at radius 3 is 2.86 bits per heavy atom. The standard InChI is InChI=1S/C20H24N4O3S/c25-19(21-16-10-23-5-3-12(16)4-6-23)18-15-2-1-13(7-17(15)28-22-18)24-9-14-8-20(24,26)11-27-14/h1-2,7,12,14,16,26H,3-6,8-11H2,(H,21,25)/t14-,16+,20+/m0/s1. The molecular weight excluding hydrogens is 376 g/mol. The number of anilines is 1. The Morgan fingerprint density at radius 1 is 1.32 bits per heavy atom. The minimum absolute atomic E-state index is 0.0648. The Morgan fingerprint density at radius 2 is 2.18 bits per heavy atom. The molecule has 1 aromatic carbocycles. The topological polar surface area (TPSA) is 77.9 Å². The SMILES string of the molecule is O=C(N[C@@H]1CN2CCC1CC2)c1nsc2cc(N3C[C@@H]4C[C@@]3(O)CO4)ccc12. The van der Waals surface area contributed by atoms with Crippen LogP contribution in [0.2, 0.25) is 0 Å². The van der Waals surface area contributed by atoms with Crippen LogP contribution in [0, 0.1) is 5.92 Å². The summed E-state index contributed by atoms with van der Waals surface area (Å²) in [6.07, 6.45) is 3.11. The predicted octanol–water partition coefficient (Wildman–Crippen LogP) is 1.42. The number of nitrogens with one attached hydrogen (secondary N) is 1. The van der Waals surface area contributed by atoms with E-state index in [2.05, 4.69) is 14.6 Å². The van der Waals surface area contributed by atoms with Crippen molar-refractivity contribution in [3.05, 3.63) is 23.9 Å². The maximum Gasteiger partial charge on any atom is 0.271 e. The van der Waals surface area contributed by atoms with Crippen molar-refractivity contribution in [3.63, 3.8) is 0 Å². The number of nitrogens with zero attached hydrogens (tertiary/aromatic N) is 3. The third-order valence-electron chi connectivity index (χ3n) is 6.95. The number of aliphatic hydroxyl groups is 1. The normalized spacial score (nSPS) is 36.4. The summed E-state index contributed by atoms with van der Waals surface area (Å²) in [5.41, 5.74) is 0.584. The van der Waals surface area contributed by atoms with E-state index < -0.39 is 5.72 Å². The van der Waals surface area contributed by atoms with E-state index >= 15 is 0 Å². The quantitative estimate of drug-likeness (QED) is 0.811. The molecule has 2 N–H and O–H groups in total. The van der Waals surface area contributed by atoms with Gasteiger partial charge in [-0.2, -0.15) is 4.37 Å². The molecule has 5 aliphatic rings. The molecule has 3 atom stereocenters. The van der Waals surface area contributed by atoms with Gasteiger partial charge in [-0.15, -0.1) is 0 Å². The summed E-state index contributed by atoms with van der Waals surface area (Å²) in [6.45, 7) is 4.33. The van der Waals surface area contributed by atoms with Crippen molar-refractivity contribution in [1.29, 1.82) is 0 Å². The van der Waals surface area contributed by atoms with Gasteiger partial charge in [0.05, 0.1) is 17.4 Å². The molecule has 7 nitrogen and oxygen atoms in total. The van der Waals surface area contributed by atoms with Gasteiger partial charge in [0.1, 0.15) is 5.69 Å². The van der Waals surface area contributed by atoms with Crippen molar-refractivity contribution in [2.24, 2.45) is 5.92 Å². The monoisotopic (exact) mass is 400 g/mol. The Labute approximate surface area is 167 Å². The minimum atomic E-state index is -0.904. The van der Waals surface area contributed by atoms with Gasteiger partial charge >= 0.3 is 0 Å². The first-order chi connectivity index (χ1) is 13.6. The summed E-state index contributed by atoms with van der Waals surface area (Å²) in [7, 11) is 0. The van der Waals surface area contributed by atoms with Gasteiger partial charge in [-0.05, 0) is 61.6 Å². The number of aromatic nitrogens is 1. The first kappa shape index (κ1) is 17.1. The van der Waals surface area contributed by atoms with Crippen molar-refractivity contribution in [2.75, 3.05) is 37.7 Å². The Balaban J connectivity index is 1.24. The van der Waals surface area contributed by atoms with E-state index in [1.807, 2.05) is 23.1 Å². The molecule has 4 bridgehead atoms. The molecule has 5 fully saturated rings. The van der Waals surface area contributed by atoms with E-state index in [0.29, 0.717) is 31.2 Å². The van der Waals surface area contributed by atoms with Crippen LogP contribution >= 0.6 is 11.5 Å². The molecule has 7 rings (SSSR count). The number of ether oxygens (including phenoxy) is 1. The Kier molecular flexibility index (Phi) is 3.75. The van der Waals surface area contributed by atoms with Crippen LogP contribution in [0.5, 0.6) is 0 Å². The number of morpholine rings is 1. The second-order valence-electron chi connectivity index (χ2n) is 8.66. The van der Waals surface area contributed by atoms with Crippen LogP contribution in [0.4, 0.5) is 5.69 Å². The van der Waals surface area contributed by atoms with Gasteiger partial charge in [0.15, 0.2) is 5.72 Å². The molecule has 148 valence electrons. The molecule has 2 aromatic rings. The number of carbonyl (C=O) groups is 1. The van der Waals surface area contributed by atoms with Gasteiger partial charge in [-0.3, -0.25) is 4.79 Å². The highest BCUT2D eigenvalue weighted by molar-refractivity contribution is 7.13. The van der Waals surface area contributed by atoms with Gasteiger partial charge < -0.3 is 25.0 Å². The summed E-state index contributed by atoms with van der Waals surface area (Å²) >= 11 is 1.35. The summed E-state index contributed by atoms with van der Waals surface area (Å²) < 4.78 is 11.0. The number of piperidine rings is 3. The fraction of sp³-hybridized carbons (Fsp3) is 0.600. The second kappa shape index (κ2) is 6.13. The predicted molar refractivity (Wildman–Crippen MR) is 107 cm³/mol. The zero-order valence-electron chi connectivity index (χ0n) is 15.6. The molecular formula is C20H24N4O3S. The highest BCUT2D eigenvalue weighted by atomic mass is 32.1. The van der Waals surface area contributed by atoms with Gasteiger partial charge in [0.25, 0.3) is 5.91 Å². The van der Waals surface area contributed by atoms with Crippen LogP contribution in [0.25, 0.3) is 10.1 Å². The minimum Gasteiger partial charge on any atom is -0.371 e. The zero-order valence-corrected chi connectivity index (χ0v) is 16.5. The molecule has 5 aliphatic heterocycles. The highest BCUT2D eigenvalue weighted by Gasteiger charge is 2.51. The number of carbonyl (C=O) groups excluding carboxylic acids is 1. The van der Waals surface area contributed by atoms with Crippen molar-refractivity contribution in [3.8, 4) is 0 Å². The fourth-order valence-corrected chi connectivity index (χ4v) is 6.19. The largest absolute Gasteiger partial charge is 0.371 e. The van der Waals surface area contributed by atoms with Crippen molar-refractivity contribution in [2.45, 2.75) is 37.1 Å². The number of rotatable bonds is 3. The second-order valence-corrected chi connectivity index (χ2v) is 9.46. The van der Waals surface area contributed by atoms with Crippen molar-refractivity contribution >= 4 is 33.2 Å². The number of hydrogen-bond donors (Lipinski definition) is 2. The fourth-order valence-electron chi connectivity index (χ4n) is 5.38. The molecule has 0 saturated carbocycles. The summed E-state index contributed by atoms with van der Waals surface area (Å²) in [5.74, 6) is 0.531. The lowest BCUT2D eigenvalue weighted by Gasteiger charge is -2.44. The Hall–Kier alpha value is -1.74. The molecule has 5 saturated heterocycles. The lowest BCUT2D eigenvalue weighted by atomic mass is 9.84. The molecule has 8 heteroatoms. The number of benzene rings is 1. The molecule has 6 heterocycles. The van der Waals surface area contributed by atoms with Crippen LogP contribution in [-0.2, 0) is 4.74 Å². The van der Waals surface area contributed by atoms with Crippen molar-refractivity contribution < 1.29 is 14.6 Å². The lowest BCUT2D eigenvalue weighted by Crippen LogP contribution is -2.57. The number of hydrogen-bond acceptors (Lipinski definition) is 7.